The first-order valence-electron chi connectivity index (χ1n) is 6.63. The lowest BCUT2D eigenvalue weighted by Crippen LogP contribution is -2.25. The monoisotopic (exact) mass is 234 g/mol. The molecule has 1 nitrogen and oxygen atoms in total. The number of rotatable bonds is 7. The van der Waals surface area contributed by atoms with E-state index in [4.69, 9.17) is 4.74 Å². The van der Waals surface area contributed by atoms with E-state index < -0.39 is 6.43 Å². The molecule has 0 atom stereocenters. The minimum absolute atomic E-state index is 0.247. The largest absolute Gasteiger partial charge is 0.378 e. The molecule has 0 heterocycles. The van der Waals surface area contributed by atoms with E-state index in [1.54, 1.807) is 0 Å². The van der Waals surface area contributed by atoms with Crippen molar-refractivity contribution in [1.82, 2.24) is 0 Å². The van der Waals surface area contributed by atoms with Crippen molar-refractivity contribution >= 4 is 0 Å². The first kappa shape index (κ1) is 13.9. The molecule has 3 heteroatoms. The number of unbranched alkanes of at least 4 members (excludes halogenated alkanes) is 3. The van der Waals surface area contributed by atoms with Crippen molar-refractivity contribution in [3.63, 3.8) is 0 Å². The molecular weight excluding hydrogens is 210 g/mol. The second-order valence-electron chi connectivity index (χ2n) is 4.80. The van der Waals surface area contributed by atoms with Gasteiger partial charge in [-0.25, -0.2) is 8.78 Å². The highest BCUT2D eigenvalue weighted by atomic mass is 19.3. The molecule has 1 aliphatic rings. The Hall–Kier alpha value is -0.180. The quantitative estimate of drug-likeness (QED) is 0.593. The summed E-state index contributed by atoms with van der Waals surface area (Å²) in [6.45, 7) is 3.00. The van der Waals surface area contributed by atoms with E-state index >= 15 is 0 Å². The molecule has 96 valence electrons. The molecule has 1 aliphatic carbocycles. The average Bonchev–Trinajstić information content (AvgIpc) is 2.29. The highest BCUT2D eigenvalue weighted by molar-refractivity contribution is 4.74. The van der Waals surface area contributed by atoms with E-state index in [0.717, 1.165) is 25.9 Å². The fourth-order valence-corrected chi connectivity index (χ4v) is 2.29. The highest BCUT2D eigenvalue weighted by Crippen LogP contribution is 2.30. The maximum Gasteiger partial charge on any atom is 0.241 e. The van der Waals surface area contributed by atoms with Gasteiger partial charge in [-0.3, -0.25) is 0 Å². The van der Waals surface area contributed by atoms with Crippen LogP contribution in [0.15, 0.2) is 0 Å². The van der Waals surface area contributed by atoms with Crippen LogP contribution in [-0.2, 0) is 4.74 Å². The predicted molar refractivity (Wildman–Crippen MR) is 61.8 cm³/mol. The van der Waals surface area contributed by atoms with Gasteiger partial charge < -0.3 is 4.74 Å². The van der Waals surface area contributed by atoms with Gasteiger partial charge in [0, 0.05) is 12.5 Å². The van der Waals surface area contributed by atoms with E-state index in [2.05, 4.69) is 6.92 Å². The molecule has 0 aromatic carbocycles. The van der Waals surface area contributed by atoms with Crippen molar-refractivity contribution in [3.05, 3.63) is 0 Å². The van der Waals surface area contributed by atoms with Crippen molar-refractivity contribution in [2.45, 2.75) is 70.8 Å². The molecule has 0 saturated heterocycles. The number of hydrogen-bond donors (Lipinski definition) is 0. The number of ether oxygens (including phenoxy) is 1. The van der Waals surface area contributed by atoms with Gasteiger partial charge in [-0.05, 0) is 32.1 Å². The summed E-state index contributed by atoms with van der Waals surface area (Å²) in [5.74, 6) is -0.375. The van der Waals surface area contributed by atoms with Crippen LogP contribution in [0.25, 0.3) is 0 Å². The molecular formula is C13H24F2O. The average molecular weight is 234 g/mol. The van der Waals surface area contributed by atoms with Crippen LogP contribution >= 0.6 is 0 Å². The summed E-state index contributed by atoms with van der Waals surface area (Å²) in [5, 5.41) is 0. The Morgan fingerprint density at radius 1 is 1.06 bits per heavy atom. The van der Waals surface area contributed by atoms with Crippen LogP contribution in [0.3, 0.4) is 0 Å². The highest BCUT2D eigenvalue weighted by Gasteiger charge is 2.27. The van der Waals surface area contributed by atoms with Crippen LogP contribution < -0.4 is 0 Å². The lowest BCUT2D eigenvalue weighted by Gasteiger charge is -2.28. The van der Waals surface area contributed by atoms with Gasteiger partial charge in [0.15, 0.2) is 0 Å². The summed E-state index contributed by atoms with van der Waals surface area (Å²) < 4.78 is 30.5. The fourth-order valence-electron chi connectivity index (χ4n) is 2.29. The molecule has 16 heavy (non-hydrogen) atoms. The van der Waals surface area contributed by atoms with Crippen LogP contribution in [0, 0.1) is 5.92 Å². The first-order chi connectivity index (χ1) is 7.74. The molecule has 0 spiro atoms. The van der Waals surface area contributed by atoms with E-state index in [-0.39, 0.29) is 12.0 Å². The molecule has 1 rings (SSSR count). The second-order valence-corrected chi connectivity index (χ2v) is 4.80. The van der Waals surface area contributed by atoms with Gasteiger partial charge in [0.1, 0.15) is 0 Å². The second kappa shape index (κ2) is 7.99. The molecule has 0 aromatic rings. The molecule has 0 radical (unpaired) electrons. The topological polar surface area (TPSA) is 9.23 Å². The smallest absolute Gasteiger partial charge is 0.241 e. The fraction of sp³-hybridized carbons (Fsp3) is 1.00. The van der Waals surface area contributed by atoms with Crippen LogP contribution in [-0.4, -0.2) is 19.1 Å². The van der Waals surface area contributed by atoms with Crippen molar-refractivity contribution in [2.24, 2.45) is 5.92 Å². The molecule has 1 saturated carbocycles. The number of halogens is 2. The Balaban J connectivity index is 1.99. The lowest BCUT2D eigenvalue weighted by molar-refractivity contribution is -0.0151. The summed E-state index contributed by atoms with van der Waals surface area (Å²) in [4.78, 5) is 0. The zero-order valence-electron chi connectivity index (χ0n) is 10.3. The SMILES string of the molecule is CCCCCCOC1CCC(C(F)F)CC1. The van der Waals surface area contributed by atoms with Gasteiger partial charge in [0.25, 0.3) is 0 Å². The number of hydrogen-bond acceptors (Lipinski definition) is 1. The van der Waals surface area contributed by atoms with E-state index in [0.29, 0.717) is 12.8 Å². The standard InChI is InChI=1S/C13H24F2O/c1-2-3-4-5-10-16-12-8-6-11(7-9-12)13(14)15/h11-13H,2-10H2,1H3. The van der Waals surface area contributed by atoms with E-state index in [1.807, 2.05) is 0 Å². The van der Waals surface area contributed by atoms with Gasteiger partial charge in [0.05, 0.1) is 6.10 Å². The maximum absolute atomic E-state index is 12.4. The summed E-state index contributed by atoms with van der Waals surface area (Å²) in [6.07, 6.45) is 5.87. The predicted octanol–water partition coefficient (Wildman–Crippen LogP) is 4.41. The van der Waals surface area contributed by atoms with E-state index in [1.165, 1.54) is 19.3 Å². The molecule has 0 bridgehead atoms. The minimum Gasteiger partial charge on any atom is -0.378 e. The van der Waals surface area contributed by atoms with Gasteiger partial charge >= 0.3 is 0 Å². The summed E-state index contributed by atoms with van der Waals surface area (Å²) in [7, 11) is 0. The third-order valence-electron chi connectivity index (χ3n) is 3.43. The number of alkyl halides is 2. The third-order valence-corrected chi connectivity index (χ3v) is 3.43. The van der Waals surface area contributed by atoms with E-state index in [9.17, 15) is 8.78 Å². The third kappa shape index (κ3) is 5.24. The Morgan fingerprint density at radius 2 is 1.75 bits per heavy atom. The Labute approximate surface area is 97.6 Å². The van der Waals surface area contributed by atoms with Gasteiger partial charge in [-0.15, -0.1) is 0 Å². The zero-order chi connectivity index (χ0) is 11.8. The summed E-state index contributed by atoms with van der Waals surface area (Å²) >= 11 is 0. The Bertz CT molecular complexity index is 165. The molecule has 0 unspecified atom stereocenters. The summed E-state index contributed by atoms with van der Waals surface area (Å²) in [5.41, 5.74) is 0. The molecule has 1 fully saturated rings. The first-order valence-corrected chi connectivity index (χ1v) is 6.63. The van der Waals surface area contributed by atoms with Crippen LogP contribution in [0.1, 0.15) is 58.3 Å². The molecule has 0 aliphatic heterocycles. The van der Waals surface area contributed by atoms with Gasteiger partial charge in [-0.1, -0.05) is 26.2 Å². The molecule has 0 N–H and O–H groups in total. The van der Waals surface area contributed by atoms with Crippen LogP contribution in [0.2, 0.25) is 0 Å². The van der Waals surface area contributed by atoms with Crippen molar-refractivity contribution in [2.75, 3.05) is 6.61 Å². The van der Waals surface area contributed by atoms with Gasteiger partial charge in [-0.2, -0.15) is 0 Å². The molecule has 0 aromatic heterocycles. The Kier molecular flexibility index (Phi) is 6.93. The zero-order valence-corrected chi connectivity index (χ0v) is 10.3. The lowest BCUT2D eigenvalue weighted by atomic mass is 9.88. The minimum atomic E-state index is -2.13. The van der Waals surface area contributed by atoms with Crippen molar-refractivity contribution < 1.29 is 13.5 Å². The van der Waals surface area contributed by atoms with Crippen LogP contribution in [0.5, 0.6) is 0 Å². The summed E-state index contributed by atoms with van der Waals surface area (Å²) in [6, 6.07) is 0. The molecule has 0 amide bonds. The van der Waals surface area contributed by atoms with Crippen molar-refractivity contribution in [1.29, 1.82) is 0 Å². The maximum atomic E-state index is 12.4. The van der Waals surface area contributed by atoms with Gasteiger partial charge in [0.2, 0.25) is 6.43 Å². The Morgan fingerprint density at radius 3 is 2.31 bits per heavy atom. The van der Waals surface area contributed by atoms with Crippen molar-refractivity contribution in [3.8, 4) is 0 Å². The normalized spacial score (nSPS) is 26.2. The van der Waals surface area contributed by atoms with Crippen LogP contribution in [0.4, 0.5) is 8.78 Å².